The Morgan fingerprint density at radius 2 is 1.83 bits per heavy atom. The van der Waals surface area contributed by atoms with Gasteiger partial charge in [-0.1, -0.05) is 36.0 Å². The van der Waals surface area contributed by atoms with Gasteiger partial charge in [0.2, 0.25) is 0 Å². The molecule has 0 spiro atoms. The van der Waals surface area contributed by atoms with Crippen molar-refractivity contribution in [2.75, 3.05) is 17.7 Å². The molecule has 0 radical (unpaired) electrons. The number of fused-ring (bicyclic) bond motifs is 1. The summed E-state index contributed by atoms with van der Waals surface area (Å²) in [7, 11) is 1.58. The summed E-state index contributed by atoms with van der Waals surface area (Å²) in [5.41, 5.74) is 2.84. The van der Waals surface area contributed by atoms with Gasteiger partial charge in [0.1, 0.15) is 5.75 Å². The van der Waals surface area contributed by atoms with Gasteiger partial charge in [0.15, 0.2) is 0 Å². The van der Waals surface area contributed by atoms with Crippen LogP contribution < -0.4 is 15.4 Å². The number of rotatable bonds is 4. The molecule has 5 nitrogen and oxygen atoms in total. The minimum atomic E-state index is -0.212. The number of amides is 2. The monoisotopic (exact) mass is 402 g/mol. The minimum Gasteiger partial charge on any atom is -0.497 e. The number of ether oxygens (including phenoxy) is 1. The van der Waals surface area contributed by atoms with Gasteiger partial charge in [-0.3, -0.25) is 9.59 Å². The maximum absolute atomic E-state index is 12.5. The van der Waals surface area contributed by atoms with Crippen LogP contribution in [-0.4, -0.2) is 18.9 Å². The van der Waals surface area contributed by atoms with E-state index >= 15 is 0 Å². The van der Waals surface area contributed by atoms with Gasteiger partial charge >= 0.3 is 0 Å². The van der Waals surface area contributed by atoms with Crippen LogP contribution >= 0.6 is 11.8 Å². The zero-order valence-electron chi connectivity index (χ0n) is 15.6. The second-order valence-corrected chi connectivity index (χ2v) is 7.45. The van der Waals surface area contributed by atoms with Crippen LogP contribution in [0.3, 0.4) is 0 Å². The topological polar surface area (TPSA) is 67.4 Å². The largest absolute Gasteiger partial charge is 0.497 e. The molecule has 0 unspecified atom stereocenters. The van der Waals surface area contributed by atoms with Crippen LogP contribution in [-0.2, 0) is 4.79 Å². The molecule has 3 aromatic carbocycles. The minimum absolute atomic E-state index is 0.138. The molecule has 6 heteroatoms. The normalized spacial score (nSPS) is 14.1. The highest BCUT2D eigenvalue weighted by molar-refractivity contribution is 8.04. The third-order valence-corrected chi connectivity index (χ3v) is 5.47. The molecule has 0 atom stereocenters. The molecule has 1 aliphatic heterocycles. The SMILES string of the molecule is COc1ccc(C(=O)Nc2cccc(/C=C3/Sc4ccccc4NC3=O)c2)cc1. The van der Waals surface area contributed by atoms with Crippen molar-refractivity contribution in [3.05, 3.63) is 88.8 Å². The summed E-state index contributed by atoms with van der Waals surface area (Å²) in [4.78, 5) is 26.5. The fourth-order valence-electron chi connectivity index (χ4n) is 2.91. The number of hydrogen-bond acceptors (Lipinski definition) is 4. The zero-order valence-corrected chi connectivity index (χ0v) is 16.5. The number of methoxy groups -OCH3 is 1. The Balaban J connectivity index is 1.52. The van der Waals surface area contributed by atoms with Crippen molar-refractivity contribution in [3.63, 3.8) is 0 Å². The van der Waals surface area contributed by atoms with E-state index < -0.39 is 0 Å². The maximum atomic E-state index is 12.5. The second-order valence-electron chi connectivity index (χ2n) is 6.37. The van der Waals surface area contributed by atoms with Crippen LogP contribution in [0.1, 0.15) is 15.9 Å². The molecule has 144 valence electrons. The fraction of sp³-hybridized carbons (Fsp3) is 0.0435. The Morgan fingerprint density at radius 3 is 2.62 bits per heavy atom. The lowest BCUT2D eigenvalue weighted by atomic mass is 10.1. The van der Waals surface area contributed by atoms with Crippen molar-refractivity contribution in [1.82, 2.24) is 0 Å². The summed E-state index contributed by atoms with van der Waals surface area (Å²) in [6, 6.07) is 22.0. The number of benzene rings is 3. The average Bonchev–Trinajstić information content (AvgIpc) is 2.74. The van der Waals surface area contributed by atoms with Crippen LogP contribution in [0.15, 0.2) is 82.6 Å². The quantitative estimate of drug-likeness (QED) is 0.601. The summed E-state index contributed by atoms with van der Waals surface area (Å²) in [6.45, 7) is 0. The number of hydrogen-bond donors (Lipinski definition) is 2. The van der Waals surface area contributed by atoms with E-state index in [4.69, 9.17) is 4.74 Å². The molecule has 0 saturated carbocycles. The standard InChI is InChI=1S/C23H18N2O3S/c1-28-18-11-9-16(10-12-18)22(26)24-17-6-4-5-15(13-17)14-21-23(27)25-19-7-2-3-8-20(19)29-21/h2-14H,1H3,(H,24,26)(H,25,27)/b21-14+. The Morgan fingerprint density at radius 1 is 1.03 bits per heavy atom. The summed E-state index contributed by atoms with van der Waals surface area (Å²) in [5.74, 6) is 0.345. The third kappa shape index (κ3) is 4.33. The molecular formula is C23H18N2O3S. The number of carbonyl (C=O) groups excluding carboxylic acids is 2. The van der Waals surface area contributed by atoms with Gasteiger partial charge in [-0.15, -0.1) is 0 Å². The number of carbonyl (C=O) groups is 2. The van der Waals surface area contributed by atoms with Crippen molar-refractivity contribution < 1.29 is 14.3 Å². The van der Waals surface area contributed by atoms with Gasteiger partial charge in [-0.25, -0.2) is 0 Å². The number of nitrogens with one attached hydrogen (secondary N) is 2. The van der Waals surface area contributed by atoms with E-state index in [-0.39, 0.29) is 11.8 Å². The van der Waals surface area contributed by atoms with Crippen molar-refractivity contribution in [3.8, 4) is 5.75 Å². The van der Waals surface area contributed by atoms with Crippen LogP contribution in [0, 0.1) is 0 Å². The van der Waals surface area contributed by atoms with Gasteiger partial charge in [-0.05, 0) is 60.2 Å². The number of para-hydroxylation sites is 1. The number of anilines is 2. The van der Waals surface area contributed by atoms with Crippen molar-refractivity contribution in [1.29, 1.82) is 0 Å². The molecule has 0 bridgehead atoms. The first-order chi connectivity index (χ1) is 14.1. The lowest BCUT2D eigenvalue weighted by Crippen LogP contribution is -2.17. The van der Waals surface area contributed by atoms with E-state index in [2.05, 4.69) is 10.6 Å². The Bertz CT molecular complexity index is 1110. The molecule has 29 heavy (non-hydrogen) atoms. The molecule has 3 aromatic rings. The van der Waals surface area contributed by atoms with Crippen LogP contribution in [0.4, 0.5) is 11.4 Å². The third-order valence-electron chi connectivity index (χ3n) is 4.37. The number of thioether (sulfide) groups is 1. The highest BCUT2D eigenvalue weighted by Gasteiger charge is 2.20. The van der Waals surface area contributed by atoms with Gasteiger partial charge in [-0.2, -0.15) is 0 Å². The van der Waals surface area contributed by atoms with Gasteiger partial charge in [0, 0.05) is 16.1 Å². The van der Waals surface area contributed by atoms with E-state index in [0.29, 0.717) is 21.9 Å². The predicted octanol–water partition coefficient (Wildman–Crippen LogP) is 5.03. The molecule has 2 amide bonds. The van der Waals surface area contributed by atoms with E-state index in [1.54, 1.807) is 31.4 Å². The van der Waals surface area contributed by atoms with E-state index in [9.17, 15) is 9.59 Å². The second kappa shape index (κ2) is 8.24. The van der Waals surface area contributed by atoms with E-state index in [1.165, 1.54) is 11.8 Å². The first-order valence-electron chi connectivity index (χ1n) is 8.98. The molecule has 0 aromatic heterocycles. The summed E-state index contributed by atoms with van der Waals surface area (Å²) in [6.07, 6.45) is 1.82. The fourth-order valence-corrected chi connectivity index (χ4v) is 3.86. The van der Waals surface area contributed by atoms with Crippen molar-refractivity contribution in [2.24, 2.45) is 0 Å². The first-order valence-corrected chi connectivity index (χ1v) is 9.79. The zero-order chi connectivity index (χ0) is 20.2. The highest BCUT2D eigenvalue weighted by atomic mass is 32.2. The van der Waals surface area contributed by atoms with Crippen LogP contribution in [0.2, 0.25) is 0 Å². The molecular weight excluding hydrogens is 384 g/mol. The summed E-state index contributed by atoms with van der Waals surface area (Å²) >= 11 is 1.43. The lowest BCUT2D eigenvalue weighted by molar-refractivity contribution is -0.112. The van der Waals surface area contributed by atoms with Crippen LogP contribution in [0.5, 0.6) is 5.75 Å². The smallest absolute Gasteiger partial charge is 0.262 e. The summed E-state index contributed by atoms with van der Waals surface area (Å²) < 4.78 is 5.11. The molecule has 2 N–H and O–H groups in total. The Kier molecular flexibility index (Phi) is 5.35. The van der Waals surface area contributed by atoms with Gasteiger partial charge in [0.05, 0.1) is 17.7 Å². The molecule has 1 aliphatic rings. The molecule has 0 aliphatic carbocycles. The van der Waals surface area contributed by atoms with E-state index in [1.807, 2.05) is 54.6 Å². The molecule has 1 heterocycles. The Labute approximate surface area is 172 Å². The maximum Gasteiger partial charge on any atom is 0.262 e. The van der Waals surface area contributed by atoms with Gasteiger partial charge < -0.3 is 15.4 Å². The van der Waals surface area contributed by atoms with Crippen molar-refractivity contribution >= 4 is 41.0 Å². The Hall–Kier alpha value is -3.51. The van der Waals surface area contributed by atoms with Crippen LogP contribution in [0.25, 0.3) is 6.08 Å². The van der Waals surface area contributed by atoms with Crippen molar-refractivity contribution in [2.45, 2.75) is 4.90 Å². The van der Waals surface area contributed by atoms with Gasteiger partial charge in [0.25, 0.3) is 11.8 Å². The molecule has 0 fully saturated rings. The first kappa shape index (κ1) is 18.8. The molecule has 0 saturated heterocycles. The van der Waals surface area contributed by atoms with E-state index in [0.717, 1.165) is 16.1 Å². The summed E-state index contributed by atoms with van der Waals surface area (Å²) in [5, 5.41) is 5.78. The lowest BCUT2D eigenvalue weighted by Gasteiger charge is -2.18. The average molecular weight is 402 g/mol. The molecule has 4 rings (SSSR count). The highest BCUT2D eigenvalue weighted by Crippen LogP contribution is 2.38. The predicted molar refractivity (Wildman–Crippen MR) is 116 cm³/mol.